The number of piperidine rings is 2. The second kappa shape index (κ2) is 8.35. The van der Waals surface area contributed by atoms with Gasteiger partial charge >= 0.3 is 0 Å². The second-order valence-electron chi connectivity index (χ2n) is 8.27. The van der Waals surface area contributed by atoms with Crippen molar-refractivity contribution in [1.82, 2.24) is 40.4 Å². The van der Waals surface area contributed by atoms with Crippen LogP contribution in [0.3, 0.4) is 0 Å². The van der Waals surface area contributed by atoms with E-state index >= 15 is 0 Å². The highest BCUT2D eigenvalue weighted by Crippen LogP contribution is 2.35. The van der Waals surface area contributed by atoms with Crippen molar-refractivity contribution in [3.8, 4) is 0 Å². The van der Waals surface area contributed by atoms with Crippen LogP contribution in [0.15, 0.2) is 49.2 Å². The Bertz CT molecular complexity index is 929. The van der Waals surface area contributed by atoms with E-state index in [-0.39, 0.29) is 11.9 Å². The fourth-order valence-corrected chi connectivity index (χ4v) is 5.05. The minimum Gasteiger partial charge on any atom is -0.351 e. The summed E-state index contributed by atoms with van der Waals surface area (Å²) in [5.41, 5.74) is 2.02. The molecule has 9 heteroatoms. The Kier molecular flexibility index (Phi) is 5.27. The normalized spacial score (nSPS) is 25.0. The van der Waals surface area contributed by atoms with Crippen LogP contribution >= 0.6 is 0 Å². The van der Waals surface area contributed by atoms with Crippen LogP contribution < -0.4 is 5.32 Å². The average Bonchev–Trinajstić information content (AvgIpc) is 3.44. The first-order valence-corrected chi connectivity index (χ1v) is 10.6. The number of tetrazole rings is 1. The molecule has 1 amide bonds. The van der Waals surface area contributed by atoms with E-state index in [1.807, 2.05) is 36.5 Å². The minimum absolute atomic E-state index is 0.0569. The van der Waals surface area contributed by atoms with Crippen molar-refractivity contribution in [3.05, 3.63) is 60.4 Å². The minimum atomic E-state index is -0.566. The number of amides is 1. The number of aromatic nitrogens is 6. The van der Waals surface area contributed by atoms with Gasteiger partial charge in [0.05, 0.1) is 6.33 Å². The molecule has 0 aliphatic carbocycles. The molecule has 9 nitrogen and oxygen atoms in total. The van der Waals surface area contributed by atoms with Gasteiger partial charge in [-0.1, -0.05) is 36.8 Å². The van der Waals surface area contributed by atoms with Crippen molar-refractivity contribution in [2.75, 3.05) is 0 Å². The first-order valence-electron chi connectivity index (χ1n) is 10.6. The highest BCUT2D eigenvalue weighted by atomic mass is 16.2. The Morgan fingerprint density at radius 2 is 2.00 bits per heavy atom. The number of fused-ring (bicyclic) bond motifs is 2. The van der Waals surface area contributed by atoms with Crippen LogP contribution in [-0.4, -0.2) is 59.1 Å². The molecule has 0 radical (unpaired) electrons. The zero-order valence-electron chi connectivity index (χ0n) is 16.8. The molecule has 2 aromatic heterocycles. The van der Waals surface area contributed by atoms with E-state index in [2.05, 4.69) is 35.7 Å². The maximum atomic E-state index is 13.3. The largest absolute Gasteiger partial charge is 0.351 e. The molecule has 5 rings (SSSR count). The molecular formula is C21H26N8O. The SMILES string of the molecule is O=C(NC1C[C@H]2CCC[C@@H](C1)N2Cc1cnc[nH]1)C(c1ccccc1)n1cnnn1. The van der Waals surface area contributed by atoms with Crippen molar-refractivity contribution < 1.29 is 4.79 Å². The van der Waals surface area contributed by atoms with Gasteiger partial charge in [0.25, 0.3) is 0 Å². The molecule has 4 atom stereocenters. The number of nitrogens with one attached hydrogen (secondary N) is 2. The monoisotopic (exact) mass is 406 g/mol. The van der Waals surface area contributed by atoms with Crippen LogP contribution in [0.5, 0.6) is 0 Å². The number of carbonyl (C=O) groups excluding carboxylic acids is 1. The molecular weight excluding hydrogens is 380 g/mol. The lowest BCUT2D eigenvalue weighted by Crippen LogP contribution is -2.57. The zero-order chi connectivity index (χ0) is 20.3. The summed E-state index contributed by atoms with van der Waals surface area (Å²) < 4.78 is 1.53. The van der Waals surface area contributed by atoms with Crippen LogP contribution in [0, 0.1) is 0 Å². The lowest BCUT2D eigenvalue weighted by molar-refractivity contribution is -0.125. The maximum Gasteiger partial charge on any atom is 0.249 e. The second-order valence-corrected chi connectivity index (χ2v) is 8.27. The summed E-state index contributed by atoms with van der Waals surface area (Å²) in [7, 11) is 0. The van der Waals surface area contributed by atoms with E-state index in [1.165, 1.54) is 30.3 Å². The number of rotatable bonds is 6. The predicted octanol–water partition coefficient (Wildman–Crippen LogP) is 1.69. The third-order valence-electron chi connectivity index (χ3n) is 6.37. The number of H-pyrrole nitrogens is 1. The molecule has 156 valence electrons. The summed E-state index contributed by atoms with van der Waals surface area (Å²) >= 11 is 0. The van der Waals surface area contributed by atoms with Crippen LogP contribution in [0.2, 0.25) is 0 Å². The average molecular weight is 406 g/mol. The molecule has 4 heterocycles. The molecule has 0 spiro atoms. The van der Waals surface area contributed by atoms with Crippen LogP contribution in [0.4, 0.5) is 0 Å². The summed E-state index contributed by atoms with van der Waals surface area (Å²) in [6, 6.07) is 10.2. The quantitative estimate of drug-likeness (QED) is 0.645. The van der Waals surface area contributed by atoms with Crippen molar-refractivity contribution in [1.29, 1.82) is 0 Å². The van der Waals surface area contributed by atoms with Gasteiger partial charge in [0.2, 0.25) is 5.91 Å². The smallest absolute Gasteiger partial charge is 0.249 e. The summed E-state index contributed by atoms with van der Waals surface area (Å²) in [4.78, 5) is 23.3. The Hall–Kier alpha value is -3.07. The van der Waals surface area contributed by atoms with Gasteiger partial charge in [0, 0.05) is 36.6 Å². The number of carbonyl (C=O) groups is 1. The topological polar surface area (TPSA) is 105 Å². The standard InChI is InChI=1S/C21H26N8O/c30-21(20(29-14-24-26-27-29)15-5-2-1-3-6-15)25-16-9-18-7-4-8-19(10-16)28(18)12-17-11-22-13-23-17/h1-3,5-6,11,13-14,16,18-20H,4,7-10,12H2,(H,22,23)(H,25,30)/t16?,18-,19+,20?. The van der Waals surface area contributed by atoms with Crippen molar-refractivity contribution >= 4 is 5.91 Å². The first kappa shape index (κ1) is 18.9. The van der Waals surface area contributed by atoms with E-state index in [1.54, 1.807) is 6.33 Å². The van der Waals surface area contributed by atoms with Crippen LogP contribution in [0.1, 0.15) is 49.4 Å². The number of hydrogen-bond acceptors (Lipinski definition) is 6. The molecule has 2 bridgehead atoms. The molecule has 2 unspecified atom stereocenters. The van der Waals surface area contributed by atoms with Crippen LogP contribution in [0.25, 0.3) is 0 Å². The maximum absolute atomic E-state index is 13.3. The molecule has 2 N–H and O–H groups in total. The van der Waals surface area contributed by atoms with E-state index < -0.39 is 6.04 Å². The molecule has 2 saturated heterocycles. The van der Waals surface area contributed by atoms with Gasteiger partial charge in [-0.2, -0.15) is 0 Å². The molecule has 2 aliphatic rings. The highest BCUT2D eigenvalue weighted by Gasteiger charge is 2.39. The Balaban J connectivity index is 1.30. The summed E-state index contributed by atoms with van der Waals surface area (Å²) in [6.07, 6.45) is 10.7. The number of nitrogens with zero attached hydrogens (tertiary/aromatic N) is 6. The fourth-order valence-electron chi connectivity index (χ4n) is 5.05. The molecule has 2 fully saturated rings. The Labute approximate surface area is 174 Å². The van der Waals surface area contributed by atoms with Gasteiger partial charge in [-0.3, -0.25) is 9.69 Å². The summed E-state index contributed by atoms with van der Waals surface area (Å²) in [5, 5.41) is 14.8. The Morgan fingerprint density at radius 3 is 2.67 bits per heavy atom. The molecule has 0 saturated carbocycles. The lowest BCUT2D eigenvalue weighted by atomic mass is 9.81. The van der Waals surface area contributed by atoms with Gasteiger partial charge in [0.15, 0.2) is 6.04 Å². The van der Waals surface area contributed by atoms with Crippen LogP contribution in [-0.2, 0) is 11.3 Å². The summed E-state index contributed by atoms with van der Waals surface area (Å²) in [6.45, 7) is 0.896. The van der Waals surface area contributed by atoms with Crippen molar-refractivity contribution in [2.24, 2.45) is 0 Å². The molecule has 2 aliphatic heterocycles. The molecule has 3 aromatic rings. The predicted molar refractivity (Wildman–Crippen MR) is 109 cm³/mol. The van der Waals surface area contributed by atoms with Crippen molar-refractivity contribution in [3.63, 3.8) is 0 Å². The molecule has 1 aromatic carbocycles. The third-order valence-corrected chi connectivity index (χ3v) is 6.37. The third kappa shape index (κ3) is 3.85. The zero-order valence-corrected chi connectivity index (χ0v) is 16.8. The van der Waals surface area contributed by atoms with Crippen molar-refractivity contribution in [2.45, 2.75) is 62.8 Å². The van der Waals surface area contributed by atoms with E-state index in [0.717, 1.165) is 30.6 Å². The van der Waals surface area contributed by atoms with Gasteiger partial charge in [-0.15, -0.1) is 5.10 Å². The first-order chi connectivity index (χ1) is 14.8. The van der Waals surface area contributed by atoms with E-state index in [9.17, 15) is 4.79 Å². The van der Waals surface area contributed by atoms with Gasteiger partial charge in [0.1, 0.15) is 6.33 Å². The van der Waals surface area contributed by atoms with Gasteiger partial charge < -0.3 is 10.3 Å². The van der Waals surface area contributed by atoms with Gasteiger partial charge in [-0.05, 0) is 41.7 Å². The summed E-state index contributed by atoms with van der Waals surface area (Å²) in [5.74, 6) is -0.0569. The number of benzene rings is 1. The molecule has 30 heavy (non-hydrogen) atoms. The number of imidazole rings is 1. The Morgan fingerprint density at radius 1 is 1.20 bits per heavy atom. The van der Waals surface area contributed by atoms with E-state index in [0.29, 0.717) is 12.1 Å². The fraction of sp³-hybridized carbons (Fsp3) is 0.476. The highest BCUT2D eigenvalue weighted by molar-refractivity contribution is 5.83. The lowest BCUT2D eigenvalue weighted by Gasteiger charge is -2.49. The van der Waals surface area contributed by atoms with Gasteiger partial charge in [-0.25, -0.2) is 9.67 Å². The number of hydrogen-bond donors (Lipinski definition) is 2. The number of aromatic amines is 1. The van der Waals surface area contributed by atoms with E-state index in [4.69, 9.17) is 0 Å².